The van der Waals surface area contributed by atoms with E-state index in [0.29, 0.717) is 6.04 Å². The molecule has 2 unspecified atom stereocenters. The highest BCUT2D eigenvalue weighted by Crippen LogP contribution is 2.11. The summed E-state index contributed by atoms with van der Waals surface area (Å²) in [7, 11) is 1.78. The smallest absolute Gasteiger partial charge is 0.0462 e. The maximum atomic E-state index is 5.09. The Morgan fingerprint density at radius 1 is 1.38 bits per heavy atom. The van der Waals surface area contributed by atoms with Gasteiger partial charge >= 0.3 is 0 Å². The Hall–Kier alpha value is -0.120. The summed E-state index contributed by atoms with van der Waals surface area (Å²) in [6.07, 6.45) is 4.96. The number of methoxy groups -OCH3 is 1. The Bertz CT molecular complexity index is 175. The molecule has 0 aromatic heterocycles. The number of hydrogen-bond donors (Lipinski definition) is 1. The molecule has 1 aliphatic heterocycles. The van der Waals surface area contributed by atoms with Crippen LogP contribution < -0.4 is 5.32 Å². The second kappa shape index (κ2) is 8.04. The van der Waals surface area contributed by atoms with E-state index in [2.05, 4.69) is 24.1 Å². The number of nitrogens with one attached hydrogen (secondary N) is 1. The van der Waals surface area contributed by atoms with Crippen molar-refractivity contribution in [3.63, 3.8) is 0 Å². The van der Waals surface area contributed by atoms with Gasteiger partial charge in [-0.2, -0.15) is 0 Å². The lowest BCUT2D eigenvalue weighted by molar-refractivity contribution is 0.169. The van der Waals surface area contributed by atoms with Crippen LogP contribution in [0.1, 0.15) is 39.5 Å². The average molecular weight is 228 g/mol. The maximum absolute atomic E-state index is 5.09. The molecule has 1 fully saturated rings. The quantitative estimate of drug-likeness (QED) is 0.703. The molecule has 3 heteroatoms. The minimum Gasteiger partial charge on any atom is -0.385 e. The summed E-state index contributed by atoms with van der Waals surface area (Å²) in [6, 6.07) is 1.42. The highest BCUT2D eigenvalue weighted by atomic mass is 16.5. The van der Waals surface area contributed by atoms with Gasteiger partial charge in [0.25, 0.3) is 0 Å². The second-order valence-electron chi connectivity index (χ2n) is 4.89. The van der Waals surface area contributed by atoms with E-state index >= 15 is 0 Å². The molecule has 96 valence electrons. The summed E-state index contributed by atoms with van der Waals surface area (Å²) in [6.45, 7) is 9.14. The predicted octanol–water partition coefficient (Wildman–Crippen LogP) is 1.88. The minimum atomic E-state index is 0.687. The van der Waals surface area contributed by atoms with E-state index in [9.17, 15) is 0 Å². The monoisotopic (exact) mass is 228 g/mol. The Labute approximate surface area is 101 Å². The van der Waals surface area contributed by atoms with Crippen LogP contribution in [-0.4, -0.2) is 50.3 Å². The fourth-order valence-electron chi connectivity index (χ4n) is 2.35. The first-order valence-electron chi connectivity index (χ1n) is 6.74. The third kappa shape index (κ3) is 4.81. The second-order valence-corrected chi connectivity index (χ2v) is 4.89. The molecule has 16 heavy (non-hydrogen) atoms. The van der Waals surface area contributed by atoms with Crippen LogP contribution in [0.2, 0.25) is 0 Å². The molecule has 3 nitrogen and oxygen atoms in total. The number of ether oxygens (including phenoxy) is 1. The van der Waals surface area contributed by atoms with E-state index in [-0.39, 0.29) is 0 Å². The first-order chi connectivity index (χ1) is 7.77. The maximum Gasteiger partial charge on any atom is 0.0462 e. The lowest BCUT2D eigenvalue weighted by atomic mass is 10.1. The summed E-state index contributed by atoms with van der Waals surface area (Å²) in [5, 5.41) is 3.63. The number of nitrogens with zero attached hydrogens (tertiary/aromatic N) is 1. The van der Waals surface area contributed by atoms with Crippen molar-refractivity contribution in [2.45, 2.75) is 51.6 Å². The van der Waals surface area contributed by atoms with Crippen LogP contribution in [0.15, 0.2) is 0 Å². The van der Waals surface area contributed by atoms with Gasteiger partial charge in [-0.3, -0.25) is 4.90 Å². The zero-order chi connectivity index (χ0) is 11.8. The highest BCUT2D eigenvalue weighted by Gasteiger charge is 2.20. The third-order valence-electron chi connectivity index (χ3n) is 3.61. The first-order valence-corrected chi connectivity index (χ1v) is 6.74. The number of unbranched alkanes of at least 4 members (excludes halogenated alkanes) is 1. The summed E-state index contributed by atoms with van der Waals surface area (Å²) in [5.74, 6) is 0. The lowest BCUT2D eigenvalue weighted by Crippen LogP contribution is -2.40. The van der Waals surface area contributed by atoms with E-state index in [1.807, 2.05) is 0 Å². The molecule has 1 rings (SSSR count). The van der Waals surface area contributed by atoms with Crippen molar-refractivity contribution in [3.05, 3.63) is 0 Å². The van der Waals surface area contributed by atoms with Crippen LogP contribution in [0.3, 0.4) is 0 Å². The highest BCUT2D eigenvalue weighted by molar-refractivity contribution is 4.80. The van der Waals surface area contributed by atoms with E-state index in [1.165, 1.54) is 45.3 Å². The SMILES string of the molecule is CCC1CN(CCCCOC)C(C)CCN1. The Morgan fingerprint density at radius 2 is 2.19 bits per heavy atom. The zero-order valence-corrected chi connectivity index (χ0v) is 11.2. The van der Waals surface area contributed by atoms with Crippen LogP contribution in [-0.2, 0) is 4.74 Å². The van der Waals surface area contributed by atoms with Gasteiger partial charge in [0.2, 0.25) is 0 Å². The molecule has 0 radical (unpaired) electrons. The summed E-state index contributed by atoms with van der Waals surface area (Å²) in [5.41, 5.74) is 0. The van der Waals surface area contributed by atoms with Gasteiger partial charge in [0.05, 0.1) is 0 Å². The molecule has 1 aliphatic rings. The molecule has 0 spiro atoms. The topological polar surface area (TPSA) is 24.5 Å². The molecule has 0 bridgehead atoms. The fourth-order valence-corrected chi connectivity index (χ4v) is 2.35. The van der Waals surface area contributed by atoms with Crippen molar-refractivity contribution < 1.29 is 4.74 Å². The van der Waals surface area contributed by atoms with Crippen LogP contribution in [0.5, 0.6) is 0 Å². The van der Waals surface area contributed by atoms with Gasteiger partial charge in [-0.1, -0.05) is 6.92 Å². The summed E-state index contributed by atoms with van der Waals surface area (Å²) >= 11 is 0. The van der Waals surface area contributed by atoms with Gasteiger partial charge in [0.15, 0.2) is 0 Å². The molecule has 2 atom stereocenters. The Balaban J connectivity index is 2.29. The van der Waals surface area contributed by atoms with Gasteiger partial charge in [-0.05, 0) is 45.7 Å². The molecule has 1 N–H and O–H groups in total. The number of hydrogen-bond acceptors (Lipinski definition) is 3. The Morgan fingerprint density at radius 3 is 2.88 bits per heavy atom. The standard InChI is InChI=1S/C13H28N2O/c1-4-13-11-15(9-5-6-10-16-3)12(2)7-8-14-13/h12-14H,4-11H2,1-3H3. The molecule has 1 heterocycles. The summed E-state index contributed by atoms with van der Waals surface area (Å²) < 4.78 is 5.09. The van der Waals surface area contributed by atoms with Crippen molar-refractivity contribution in [2.75, 3.05) is 33.4 Å². The molecule has 0 aromatic rings. The van der Waals surface area contributed by atoms with Crippen molar-refractivity contribution >= 4 is 0 Å². The summed E-state index contributed by atoms with van der Waals surface area (Å²) in [4.78, 5) is 2.64. The van der Waals surface area contributed by atoms with Gasteiger partial charge in [0.1, 0.15) is 0 Å². The molecule has 1 saturated heterocycles. The van der Waals surface area contributed by atoms with E-state index in [1.54, 1.807) is 7.11 Å². The van der Waals surface area contributed by atoms with Crippen LogP contribution in [0, 0.1) is 0 Å². The zero-order valence-electron chi connectivity index (χ0n) is 11.2. The average Bonchev–Trinajstić information content (AvgIpc) is 2.47. The molecule has 0 saturated carbocycles. The first kappa shape index (κ1) is 13.9. The molecule has 0 aliphatic carbocycles. The van der Waals surface area contributed by atoms with Gasteiger partial charge in [-0.25, -0.2) is 0 Å². The molecular weight excluding hydrogens is 200 g/mol. The van der Waals surface area contributed by atoms with Crippen molar-refractivity contribution in [2.24, 2.45) is 0 Å². The van der Waals surface area contributed by atoms with Gasteiger partial charge in [-0.15, -0.1) is 0 Å². The van der Waals surface area contributed by atoms with Crippen molar-refractivity contribution in [1.29, 1.82) is 0 Å². The number of rotatable bonds is 6. The van der Waals surface area contributed by atoms with Crippen molar-refractivity contribution in [3.8, 4) is 0 Å². The van der Waals surface area contributed by atoms with Crippen LogP contribution in [0.4, 0.5) is 0 Å². The fraction of sp³-hybridized carbons (Fsp3) is 1.00. The van der Waals surface area contributed by atoms with Gasteiger partial charge in [0, 0.05) is 32.3 Å². The van der Waals surface area contributed by atoms with Crippen molar-refractivity contribution in [1.82, 2.24) is 10.2 Å². The molecular formula is C13H28N2O. The van der Waals surface area contributed by atoms with E-state index < -0.39 is 0 Å². The largest absolute Gasteiger partial charge is 0.385 e. The lowest BCUT2D eigenvalue weighted by Gasteiger charge is -2.28. The van der Waals surface area contributed by atoms with E-state index in [4.69, 9.17) is 4.74 Å². The predicted molar refractivity (Wildman–Crippen MR) is 68.8 cm³/mol. The molecule has 0 amide bonds. The minimum absolute atomic E-state index is 0.687. The molecule has 0 aromatic carbocycles. The normalized spacial score (nSPS) is 27.9. The van der Waals surface area contributed by atoms with Crippen LogP contribution >= 0.6 is 0 Å². The third-order valence-corrected chi connectivity index (χ3v) is 3.61. The Kier molecular flexibility index (Phi) is 7.01. The van der Waals surface area contributed by atoms with E-state index in [0.717, 1.165) is 12.6 Å². The van der Waals surface area contributed by atoms with Gasteiger partial charge < -0.3 is 10.1 Å². The van der Waals surface area contributed by atoms with Crippen LogP contribution in [0.25, 0.3) is 0 Å².